The highest BCUT2D eigenvalue weighted by atomic mass is 32.2. The Morgan fingerprint density at radius 1 is 1.25 bits per heavy atom. The molecular formula is C16H30O5S2Si. The van der Waals surface area contributed by atoms with Crippen molar-refractivity contribution in [3.63, 3.8) is 0 Å². The monoisotopic (exact) mass is 394 g/mol. The van der Waals surface area contributed by atoms with Gasteiger partial charge >= 0.3 is 0 Å². The molecule has 0 bridgehead atoms. The lowest BCUT2D eigenvalue weighted by atomic mass is 10.1. The summed E-state index contributed by atoms with van der Waals surface area (Å²) in [6.07, 6.45) is 0.588. The van der Waals surface area contributed by atoms with Crippen LogP contribution in [0.5, 0.6) is 0 Å². The van der Waals surface area contributed by atoms with E-state index in [-0.39, 0.29) is 23.4 Å². The molecule has 0 saturated carbocycles. The van der Waals surface area contributed by atoms with E-state index in [4.69, 9.17) is 35.6 Å². The van der Waals surface area contributed by atoms with Crippen LogP contribution in [0.3, 0.4) is 0 Å². The van der Waals surface area contributed by atoms with Crippen LogP contribution in [-0.4, -0.2) is 56.0 Å². The maximum absolute atomic E-state index is 6.31. The van der Waals surface area contributed by atoms with E-state index in [0.717, 1.165) is 0 Å². The Bertz CT molecular complexity index is 478. The maximum Gasteiger partial charge on any atom is 0.220 e. The van der Waals surface area contributed by atoms with Crippen LogP contribution in [-0.2, 0) is 23.4 Å². The molecule has 2 saturated heterocycles. The Labute approximate surface area is 156 Å². The third-order valence-electron chi connectivity index (χ3n) is 4.90. The second-order valence-corrected chi connectivity index (χ2v) is 14.5. The summed E-state index contributed by atoms with van der Waals surface area (Å²) in [7, 11) is -1.87. The highest BCUT2D eigenvalue weighted by Crippen LogP contribution is 2.41. The summed E-state index contributed by atoms with van der Waals surface area (Å²) in [4.78, 5) is 0. The first-order chi connectivity index (χ1) is 10.9. The standard InChI is InChI=1S/C16H30O5S2Si/c1-15(2,3)24(7,8)17-9-10-11(19-14(22)23-6)12-13(18-10)21-16(4,5)20-12/h10-13H,9H2,1-8H3. The number of ether oxygens (including phenoxy) is 4. The van der Waals surface area contributed by atoms with E-state index in [1.54, 1.807) is 0 Å². The van der Waals surface area contributed by atoms with Gasteiger partial charge in [-0.25, -0.2) is 0 Å². The normalized spacial score (nSPS) is 32.7. The molecule has 0 radical (unpaired) electrons. The summed E-state index contributed by atoms with van der Waals surface area (Å²) >= 11 is 6.64. The van der Waals surface area contributed by atoms with Gasteiger partial charge in [-0.2, -0.15) is 0 Å². The zero-order chi connectivity index (χ0) is 18.3. The second-order valence-electron chi connectivity index (χ2n) is 8.25. The minimum Gasteiger partial charge on any atom is -0.469 e. The minimum absolute atomic E-state index is 0.140. The Balaban J connectivity index is 2.07. The largest absolute Gasteiger partial charge is 0.469 e. The van der Waals surface area contributed by atoms with Gasteiger partial charge in [-0.05, 0) is 50.5 Å². The van der Waals surface area contributed by atoms with Crippen LogP contribution < -0.4 is 0 Å². The van der Waals surface area contributed by atoms with Gasteiger partial charge < -0.3 is 23.4 Å². The lowest BCUT2D eigenvalue weighted by Gasteiger charge is -2.37. The summed E-state index contributed by atoms with van der Waals surface area (Å²) < 4.78 is 30.6. The van der Waals surface area contributed by atoms with Crippen LogP contribution in [0.1, 0.15) is 34.6 Å². The average Bonchev–Trinajstić information content (AvgIpc) is 2.88. The molecule has 2 rings (SSSR count). The summed E-state index contributed by atoms with van der Waals surface area (Å²) in [6.45, 7) is 15.3. The zero-order valence-corrected chi connectivity index (χ0v) is 18.5. The van der Waals surface area contributed by atoms with Crippen LogP contribution in [0.25, 0.3) is 0 Å². The topological polar surface area (TPSA) is 46.2 Å². The molecule has 0 aromatic heterocycles. The predicted molar refractivity (Wildman–Crippen MR) is 103 cm³/mol. The van der Waals surface area contributed by atoms with Crippen molar-refractivity contribution >= 4 is 36.7 Å². The molecule has 2 fully saturated rings. The lowest BCUT2D eigenvalue weighted by molar-refractivity contribution is -0.216. The van der Waals surface area contributed by atoms with E-state index in [1.807, 2.05) is 20.1 Å². The molecule has 0 aromatic carbocycles. The van der Waals surface area contributed by atoms with Crippen molar-refractivity contribution < 1.29 is 23.4 Å². The molecule has 4 unspecified atom stereocenters. The van der Waals surface area contributed by atoms with Crippen molar-refractivity contribution in [3.8, 4) is 0 Å². The summed E-state index contributed by atoms with van der Waals surface area (Å²) in [5.41, 5.74) is 0. The molecule has 0 aromatic rings. The smallest absolute Gasteiger partial charge is 0.220 e. The highest BCUT2D eigenvalue weighted by Gasteiger charge is 2.56. The van der Waals surface area contributed by atoms with Crippen LogP contribution in [0, 0.1) is 0 Å². The Kier molecular flexibility index (Phi) is 6.12. The first kappa shape index (κ1) is 20.6. The number of fused-ring (bicyclic) bond motifs is 1. The third kappa shape index (κ3) is 4.52. The molecule has 0 aliphatic carbocycles. The van der Waals surface area contributed by atoms with E-state index in [0.29, 0.717) is 11.0 Å². The van der Waals surface area contributed by atoms with E-state index in [2.05, 4.69) is 33.9 Å². The van der Waals surface area contributed by atoms with Gasteiger partial charge in [-0.3, -0.25) is 0 Å². The third-order valence-corrected chi connectivity index (χ3v) is 10.4. The Hall–Kier alpha value is 0.297. The van der Waals surface area contributed by atoms with E-state index in [1.165, 1.54) is 11.8 Å². The molecule has 0 amide bonds. The molecular weight excluding hydrogens is 364 g/mol. The molecule has 2 aliphatic rings. The van der Waals surface area contributed by atoms with Gasteiger partial charge in [0.2, 0.25) is 4.38 Å². The molecule has 2 heterocycles. The first-order valence-electron chi connectivity index (χ1n) is 8.26. The van der Waals surface area contributed by atoms with Gasteiger partial charge in [0.1, 0.15) is 6.10 Å². The summed E-state index contributed by atoms with van der Waals surface area (Å²) in [6, 6.07) is 0. The maximum atomic E-state index is 6.31. The highest BCUT2D eigenvalue weighted by molar-refractivity contribution is 8.22. The lowest BCUT2D eigenvalue weighted by Crippen LogP contribution is -2.46. The summed E-state index contributed by atoms with van der Waals surface area (Å²) in [5, 5.41) is 0.140. The van der Waals surface area contributed by atoms with Crippen LogP contribution >= 0.6 is 24.0 Å². The minimum atomic E-state index is -1.87. The van der Waals surface area contributed by atoms with Crippen molar-refractivity contribution in [2.45, 2.75) is 83.1 Å². The van der Waals surface area contributed by atoms with Gasteiger partial charge in [0.25, 0.3) is 0 Å². The predicted octanol–water partition coefficient (Wildman–Crippen LogP) is 3.92. The van der Waals surface area contributed by atoms with Gasteiger partial charge in [-0.1, -0.05) is 32.5 Å². The quantitative estimate of drug-likeness (QED) is 0.529. The second kappa shape index (κ2) is 7.13. The van der Waals surface area contributed by atoms with E-state index >= 15 is 0 Å². The summed E-state index contributed by atoms with van der Waals surface area (Å²) in [5.74, 6) is -0.677. The van der Waals surface area contributed by atoms with E-state index in [9.17, 15) is 0 Å². The van der Waals surface area contributed by atoms with Gasteiger partial charge in [0, 0.05) is 0 Å². The molecule has 0 spiro atoms. The molecule has 0 N–H and O–H groups in total. The fraction of sp³-hybridized carbons (Fsp3) is 0.938. The van der Waals surface area contributed by atoms with Crippen molar-refractivity contribution in [3.05, 3.63) is 0 Å². The number of thioether (sulfide) groups is 1. The van der Waals surface area contributed by atoms with Gasteiger partial charge in [0.15, 0.2) is 32.6 Å². The number of rotatable bonds is 4. The fourth-order valence-electron chi connectivity index (χ4n) is 2.49. The van der Waals surface area contributed by atoms with Gasteiger partial charge in [-0.15, -0.1) is 0 Å². The zero-order valence-electron chi connectivity index (χ0n) is 15.9. The first-order valence-corrected chi connectivity index (χ1v) is 12.8. The van der Waals surface area contributed by atoms with Gasteiger partial charge in [0.05, 0.1) is 6.61 Å². The molecule has 5 nitrogen and oxygen atoms in total. The average molecular weight is 395 g/mol. The van der Waals surface area contributed by atoms with Crippen LogP contribution in [0.15, 0.2) is 0 Å². The van der Waals surface area contributed by atoms with Crippen molar-refractivity contribution in [1.82, 2.24) is 0 Å². The molecule has 2 aliphatic heterocycles. The number of hydrogen-bond acceptors (Lipinski definition) is 7. The van der Waals surface area contributed by atoms with Crippen LogP contribution in [0.2, 0.25) is 18.1 Å². The van der Waals surface area contributed by atoms with Crippen molar-refractivity contribution in [2.24, 2.45) is 0 Å². The fourth-order valence-corrected chi connectivity index (χ4v) is 3.82. The van der Waals surface area contributed by atoms with Crippen molar-refractivity contribution in [2.75, 3.05) is 12.9 Å². The van der Waals surface area contributed by atoms with Crippen molar-refractivity contribution in [1.29, 1.82) is 0 Å². The molecule has 8 heteroatoms. The molecule has 24 heavy (non-hydrogen) atoms. The Morgan fingerprint density at radius 2 is 1.88 bits per heavy atom. The number of thiocarbonyl (C=S) groups is 1. The molecule has 4 atom stereocenters. The van der Waals surface area contributed by atoms with Crippen LogP contribution in [0.4, 0.5) is 0 Å². The molecule has 140 valence electrons. The SMILES string of the molecule is CSC(=S)OC1C(CO[Si](C)(C)C(C)(C)C)OC2OC(C)(C)OC21. The Morgan fingerprint density at radius 3 is 2.42 bits per heavy atom. The van der Waals surface area contributed by atoms with E-state index < -0.39 is 20.4 Å². The number of hydrogen-bond donors (Lipinski definition) is 0.